The summed E-state index contributed by atoms with van der Waals surface area (Å²) in [5.74, 6) is 0.707. The lowest BCUT2D eigenvalue weighted by atomic mass is 9.95. The standard InChI is InChI=1S/C17H25NO2/c1-3-20-17(19)16-9-11-18(12-10-16)13-14(2)15-7-5-4-6-8-15/h4-8,14,16H,3,9-13H2,1-2H3/p+1/t14-/m0/s1. The molecular weight excluding hydrogens is 250 g/mol. The first-order chi connectivity index (χ1) is 9.70. The van der Waals surface area contributed by atoms with Gasteiger partial charge in [-0.1, -0.05) is 37.3 Å². The van der Waals surface area contributed by atoms with E-state index in [0.717, 1.165) is 32.5 Å². The van der Waals surface area contributed by atoms with Gasteiger partial charge in [-0.25, -0.2) is 0 Å². The third-order valence-corrected chi connectivity index (χ3v) is 4.28. The zero-order valence-electron chi connectivity index (χ0n) is 12.6. The second-order valence-corrected chi connectivity index (χ2v) is 5.79. The minimum atomic E-state index is 0.00246. The lowest BCUT2D eigenvalue weighted by Gasteiger charge is -2.30. The molecule has 0 spiro atoms. The summed E-state index contributed by atoms with van der Waals surface area (Å²) in [6.45, 7) is 7.98. The van der Waals surface area contributed by atoms with Gasteiger partial charge in [-0.05, 0) is 12.5 Å². The summed E-state index contributed by atoms with van der Waals surface area (Å²) in [5.41, 5.74) is 1.41. The van der Waals surface area contributed by atoms with E-state index < -0.39 is 0 Å². The molecule has 0 aliphatic carbocycles. The Kier molecular flexibility index (Phi) is 5.60. The van der Waals surface area contributed by atoms with Crippen molar-refractivity contribution in [1.29, 1.82) is 0 Å². The van der Waals surface area contributed by atoms with E-state index in [-0.39, 0.29) is 11.9 Å². The first-order valence-electron chi connectivity index (χ1n) is 7.75. The third kappa shape index (κ3) is 4.07. The van der Waals surface area contributed by atoms with Crippen molar-refractivity contribution in [3.05, 3.63) is 35.9 Å². The van der Waals surface area contributed by atoms with Crippen LogP contribution in [0.25, 0.3) is 0 Å². The third-order valence-electron chi connectivity index (χ3n) is 4.28. The largest absolute Gasteiger partial charge is 0.466 e. The molecule has 0 amide bonds. The molecule has 3 heteroatoms. The summed E-state index contributed by atoms with van der Waals surface area (Å²) in [6.07, 6.45) is 1.94. The highest BCUT2D eigenvalue weighted by Gasteiger charge is 2.29. The Hall–Kier alpha value is -1.35. The highest BCUT2D eigenvalue weighted by atomic mass is 16.5. The molecule has 0 aromatic heterocycles. The Morgan fingerprint density at radius 3 is 2.55 bits per heavy atom. The summed E-state index contributed by atoms with van der Waals surface area (Å²) >= 11 is 0. The van der Waals surface area contributed by atoms with Crippen molar-refractivity contribution < 1.29 is 14.4 Å². The Labute approximate surface area is 121 Å². The van der Waals surface area contributed by atoms with Gasteiger partial charge in [-0.2, -0.15) is 0 Å². The SMILES string of the molecule is CCOC(=O)C1CC[NH+](C[C@H](C)c2ccccc2)CC1. The molecule has 1 saturated heterocycles. The number of likely N-dealkylation sites (tertiary alicyclic amines) is 1. The highest BCUT2D eigenvalue weighted by molar-refractivity contribution is 5.72. The number of ether oxygens (including phenoxy) is 1. The van der Waals surface area contributed by atoms with Crippen molar-refractivity contribution in [2.45, 2.75) is 32.6 Å². The van der Waals surface area contributed by atoms with Gasteiger partial charge < -0.3 is 9.64 Å². The van der Waals surface area contributed by atoms with E-state index in [1.54, 1.807) is 4.90 Å². The maximum atomic E-state index is 11.7. The number of benzene rings is 1. The number of nitrogens with one attached hydrogen (secondary N) is 1. The molecule has 0 radical (unpaired) electrons. The van der Waals surface area contributed by atoms with Crippen molar-refractivity contribution in [2.24, 2.45) is 5.92 Å². The second-order valence-electron chi connectivity index (χ2n) is 5.79. The lowest BCUT2D eigenvalue weighted by Crippen LogP contribution is -3.13. The molecule has 20 heavy (non-hydrogen) atoms. The predicted octanol–water partition coefficient (Wildman–Crippen LogP) is 1.65. The maximum absolute atomic E-state index is 11.7. The summed E-state index contributed by atoms with van der Waals surface area (Å²) < 4.78 is 5.12. The van der Waals surface area contributed by atoms with Crippen LogP contribution >= 0.6 is 0 Å². The number of esters is 1. The molecule has 1 aliphatic rings. The van der Waals surface area contributed by atoms with Crippen LogP contribution in [-0.2, 0) is 9.53 Å². The molecule has 1 heterocycles. The normalized spacial score (nSPS) is 24.1. The van der Waals surface area contributed by atoms with Gasteiger partial charge in [0.2, 0.25) is 0 Å². The van der Waals surface area contributed by atoms with Crippen LogP contribution in [0.15, 0.2) is 30.3 Å². The molecule has 110 valence electrons. The van der Waals surface area contributed by atoms with Gasteiger partial charge in [0.1, 0.15) is 0 Å². The maximum Gasteiger partial charge on any atom is 0.309 e. The fraction of sp³-hybridized carbons (Fsp3) is 0.588. The first kappa shape index (κ1) is 15.0. The zero-order valence-corrected chi connectivity index (χ0v) is 12.6. The van der Waals surface area contributed by atoms with Crippen LogP contribution < -0.4 is 4.90 Å². The first-order valence-corrected chi connectivity index (χ1v) is 7.75. The molecule has 1 fully saturated rings. The number of carbonyl (C=O) groups excluding carboxylic acids is 1. The van der Waals surface area contributed by atoms with Crippen LogP contribution in [-0.4, -0.2) is 32.2 Å². The molecule has 3 nitrogen and oxygen atoms in total. The molecule has 1 atom stereocenters. The topological polar surface area (TPSA) is 30.7 Å². The van der Waals surface area contributed by atoms with Gasteiger partial charge in [0.05, 0.1) is 32.2 Å². The Morgan fingerprint density at radius 1 is 1.30 bits per heavy atom. The van der Waals surface area contributed by atoms with Crippen molar-refractivity contribution in [1.82, 2.24) is 0 Å². The van der Waals surface area contributed by atoms with Crippen molar-refractivity contribution in [3.8, 4) is 0 Å². The van der Waals surface area contributed by atoms with Crippen LogP contribution in [0.5, 0.6) is 0 Å². The van der Waals surface area contributed by atoms with E-state index in [1.807, 2.05) is 6.92 Å². The summed E-state index contributed by atoms with van der Waals surface area (Å²) in [5, 5.41) is 0. The van der Waals surface area contributed by atoms with Crippen molar-refractivity contribution in [2.75, 3.05) is 26.2 Å². The smallest absolute Gasteiger partial charge is 0.309 e. The highest BCUT2D eigenvalue weighted by Crippen LogP contribution is 2.14. The Balaban J connectivity index is 1.78. The van der Waals surface area contributed by atoms with Crippen LogP contribution in [0, 0.1) is 5.92 Å². The van der Waals surface area contributed by atoms with E-state index >= 15 is 0 Å². The average molecular weight is 276 g/mol. The van der Waals surface area contributed by atoms with Crippen LogP contribution in [0.1, 0.15) is 38.2 Å². The van der Waals surface area contributed by atoms with Gasteiger partial charge in [-0.15, -0.1) is 0 Å². The summed E-state index contributed by atoms with van der Waals surface area (Å²) in [4.78, 5) is 13.3. The molecule has 0 bridgehead atoms. The molecule has 1 aliphatic heterocycles. The van der Waals surface area contributed by atoms with E-state index in [4.69, 9.17) is 4.74 Å². The molecule has 1 aromatic rings. The predicted molar refractivity (Wildman–Crippen MR) is 79.8 cm³/mol. The minimum Gasteiger partial charge on any atom is -0.466 e. The van der Waals surface area contributed by atoms with E-state index in [0.29, 0.717) is 12.5 Å². The molecule has 1 N–H and O–H groups in total. The quantitative estimate of drug-likeness (QED) is 0.829. The number of hydrogen-bond donors (Lipinski definition) is 1. The molecule has 1 aromatic carbocycles. The molecule has 0 saturated carbocycles. The number of piperidine rings is 1. The second kappa shape index (κ2) is 7.44. The number of rotatable bonds is 5. The average Bonchev–Trinajstić information content (AvgIpc) is 2.49. The van der Waals surface area contributed by atoms with E-state index in [2.05, 4.69) is 37.3 Å². The van der Waals surface area contributed by atoms with E-state index in [1.165, 1.54) is 5.56 Å². The van der Waals surface area contributed by atoms with Gasteiger partial charge in [0.15, 0.2) is 0 Å². The Morgan fingerprint density at radius 2 is 1.95 bits per heavy atom. The summed E-state index contributed by atoms with van der Waals surface area (Å²) in [6, 6.07) is 10.7. The van der Waals surface area contributed by atoms with Crippen molar-refractivity contribution in [3.63, 3.8) is 0 Å². The number of quaternary nitrogens is 1. The van der Waals surface area contributed by atoms with E-state index in [9.17, 15) is 4.79 Å². The van der Waals surface area contributed by atoms with Crippen LogP contribution in [0.2, 0.25) is 0 Å². The van der Waals surface area contributed by atoms with Gasteiger partial charge in [0.25, 0.3) is 0 Å². The fourth-order valence-electron chi connectivity index (χ4n) is 3.06. The molecular formula is C17H26NO2+. The number of hydrogen-bond acceptors (Lipinski definition) is 2. The lowest BCUT2D eigenvalue weighted by molar-refractivity contribution is -0.907. The monoisotopic (exact) mass is 276 g/mol. The van der Waals surface area contributed by atoms with Crippen molar-refractivity contribution >= 4 is 5.97 Å². The van der Waals surface area contributed by atoms with Crippen LogP contribution in [0.3, 0.4) is 0 Å². The van der Waals surface area contributed by atoms with Gasteiger partial charge >= 0.3 is 5.97 Å². The summed E-state index contributed by atoms with van der Waals surface area (Å²) in [7, 11) is 0. The minimum absolute atomic E-state index is 0.00246. The van der Waals surface area contributed by atoms with Gasteiger partial charge in [-0.3, -0.25) is 4.79 Å². The Bertz CT molecular complexity index is 410. The molecule has 2 rings (SSSR count). The van der Waals surface area contributed by atoms with Crippen LogP contribution in [0.4, 0.5) is 0 Å². The number of carbonyl (C=O) groups is 1. The zero-order chi connectivity index (χ0) is 14.4. The molecule has 0 unspecified atom stereocenters. The fourth-order valence-corrected chi connectivity index (χ4v) is 3.06. The van der Waals surface area contributed by atoms with Gasteiger partial charge in [0, 0.05) is 18.8 Å².